The number of ether oxygens (including phenoxy) is 2. The number of benzene rings is 3. The molecule has 0 aromatic heterocycles. The average Bonchev–Trinajstić information content (AvgIpc) is 2.71. The lowest BCUT2D eigenvalue weighted by atomic mass is 10.00. The first kappa shape index (κ1) is 19.4. The van der Waals surface area contributed by atoms with Crippen molar-refractivity contribution in [3.8, 4) is 5.75 Å². The molecule has 1 N–H and O–H groups in total. The molecule has 0 aliphatic heterocycles. The van der Waals surface area contributed by atoms with Crippen molar-refractivity contribution in [1.82, 2.24) is 5.32 Å². The Balaban J connectivity index is 1.49. The van der Waals surface area contributed by atoms with Crippen molar-refractivity contribution in [1.29, 1.82) is 0 Å². The van der Waals surface area contributed by atoms with Crippen molar-refractivity contribution >= 4 is 22.6 Å². The van der Waals surface area contributed by atoms with Gasteiger partial charge >= 0.3 is 5.97 Å². The van der Waals surface area contributed by atoms with Gasteiger partial charge < -0.3 is 14.8 Å². The second-order valence-corrected chi connectivity index (χ2v) is 6.57. The minimum absolute atomic E-state index is 0.208. The van der Waals surface area contributed by atoms with E-state index in [0.717, 1.165) is 21.9 Å². The third kappa shape index (κ3) is 4.88. The van der Waals surface area contributed by atoms with Crippen LogP contribution in [0.5, 0.6) is 5.75 Å². The number of nitrogens with one attached hydrogen (secondary N) is 1. The fourth-order valence-electron chi connectivity index (χ4n) is 3.03. The Bertz CT molecular complexity index is 978. The number of amides is 1. The maximum absolute atomic E-state index is 12.2. The topological polar surface area (TPSA) is 64.6 Å². The number of hydrogen-bond acceptors (Lipinski definition) is 4. The number of aryl methyl sites for hydroxylation is 1. The van der Waals surface area contributed by atoms with Crippen LogP contribution in [0.3, 0.4) is 0 Å². The first-order chi connectivity index (χ1) is 13.5. The molecule has 3 aromatic rings. The van der Waals surface area contributed by atoms with Crippen LogP contribution in [0, 0.1) is 6.92 Å². The van der Waals surface area contributed by atoms with Gasteiger partial charge in [0.25, 0.3) is 5.91 Å². The standard InChI is InChI=1S/C23H23NO4/c1-16-8-3-6-13-21(16)27-15-23(26)28-14-22(25)24-17(2)19-12-7-10-18-9-4-5-11-20(18)19/h3-13,17H,14-15H2,1-2H3,(H,24,25)/t17-/m0/s1. The van der Waals surface area contributed by atoms with E-state index >= 15 is 0 Å². The van der Waals surface area contributed by atoms with Gasteiger partial charge in [-0.3, -0.25) is 4.79 Å². The van der Waals surface area contributed by atoms with E-state index in [0.29, 0.717) is 5.75 Å². The van der Waals surface area contributed by atoms with Crippen LogP contribution in [-0.4, -0.2) is 25.1 Å². The second kappa shape index (κ2) is 9.04. The molecule has 28 heavy (non-hydrogen) atoms. The first-order valence-corrected chi connectivity index (χ1v) is 9.15. The molecule has 3 aromatic carbocycles. The lowest BCUT2D eigenvalue weighted by Crippen LogP contribution is -2.32. The highest BCUT2D eigenvalue weighted by molar-refractivity contribution is 5.87. The fourth-order valence-corrected chi connectivity index (χ4v) is 3.03. The molecule has 1 amide bonds. The van der Waals surface area contributed by atoms with Gasteiger partial charge in [-0.1, -0.05) is 60.7 Å². The Labute approximate surface area is 164 Å². The molecule has 1 atom stereocenters. The van der Waals surface area contributed by atoms with Gasteiger partial charge in [0.15, 0.2) is 13.2 Å². The first-order valence-electron chi connectivity index (χ1n) is 9.15. The quantitative estimate of drug-likeness (QED) is 0.633. The highest BCUT2D eigenvalue weighted by atomic mass is 16.6. The van der Waals surface area contributed by atoms with Gasteiger partial charge in [-0.2, -0.15) is 0 Å². The maximum atomic E-state index is 12.2. The van der Waals surface area contributed by atoms with Crippen LogP contribution in [0.4, 0.5) is 0 Å². The monoisotopic (exact) mass is 377 g/mol. The summed E-state index contributed by atoms with van der Waals surface area (Å²) < 4.78 is 10.4. The van der Waals surface area contributed by atoms with Crippen molar-refractivity contribution < 1.29 is 19.1 Å². The van der Waals surface area contributed by atoms with Gasteiger partial charge in [-0.05, 0) is 41.8 Å². The molecule has 0 heterocycles. The molecule has 0 bridgehead atoms. The molecular formula is C23H23NO4. The summed E-state index contributed by atoms with van der Waals surface area (Å²) in [6, 6.07) is 21.2. The van der Waals surface area contributed by atoms with E-state index in [2.05, 4.69) is 5.32 Å². The predicted octanol–water partition coefficient (Wildman–Crippen LogP) is 3.95. The van der Waals surface area contributed by atoms with E-state index in [1.165, 1.54) is 0 Å². The zero-order chi connectivity index (χ0) is 19.9. The third-order valence-corrected chi connectivity index (χ3v) is 4.47. The maximum Gasteiger partial charge on any atom is 0.344 e. The summed E-state index contributed by atoms with van der Waals surface area (Å²) in [5.74, 6) is -0.325. The summed E-state index contributed by atoms with van der Waals surface area (Å²) in [4.78, 5) is 24.0. The van der Waals surface area contributed by atoms with Gasteiger partial charge in [0.05, 0.1) is 6.04 Å². The van der Waals surface area contributed by atoms with Crippen molar-refractivity contribution in [3.05, 3.63) is 77.9 Å². The molecule has 3 rings (SSSR count). The molecule has 5 heteroatoms. The number of carbonyl (C=O) groups is 2. The van der Waals surface area contributed by atoms with Crippen LogP contribution in [0.25, 0.3) is 10.8 Å². The molecule has 5 nitrogen and oxygen atoms in total. The molecule has 0 saturated heterocycles. The average molecular weight is 377 g/mol. The Morgan fingerprint density at radius 3 is 2.46 bits per heavy atom. The summed E-state index contributed by atoms with van der Waals surface area (Å²) in [7, 11) is 0. The summed E-state index contributed by atoms with van der Waals surface area (Å²) >= 11 is 0. The smallest absolute Gasteiger partial charge is 0.344 e. The summed E-state index contributed by atoms with van der Waals surface area (Å²) in [5, 5.41) is 5.07. The third-order valence-electron chi connectivity index (χ3n) is 4.47. The summed E-state index contributed by atoms with van der Waals surface area (Å²) in [5.41, 5.74) is 1.94. The normalized spacial score (nSPS) is 11.6. The van der Waals surface area contributed by atoms with Gasteiger partial charge in [-0.25, -0.2) is 4.79 Å². The van der Waals surface area contributed by atoms with E-state index in [4.69, 9.17) is 9.47 Å². The molecule has 0 aliphatic rings. The van der Waals surface area contributed by atoms with Crippen LogP contribution >= 0.6 is 0 Å². The Morgan fingerprint density at radius 1 is 0.929 bits per heavy atom. The Kier molecular flexibility index (Phi) is 6.27. The number of hydrogen-bond donors (Lipinski definition) is 1. The largest absolute Gasteiger partial charge is 0.482 e. The highest BCUT2D eigenvalue weighted by Gasteiger charge is 2.14. The highest BCUT2D eigenvalue weighted by Crippen LogP contribution is 2.24. The van der Waals surface area contributed by atoms with Crippen molar-refractivity contribution in [2.75, 3.05) is 13.2 Å². The van der Waals surface area contributed by atoms with E-state index in [9.17, 15) is 9.59 Å². The predicted molar refractivity (Wildman–Crippen MR) is 108 cm³/mol. The molecule has 0 aliphatic carbocycles. The van der Waals surface area contributed by atoms with E-state index in [-0.39, 0.29) is 25.2 Å². The number of esters is 1. The molecule has 144 valence electrons. The molecular weight excluding hydrogens is 354 g/mol. The number of rotatable bonds is 7. The van der Waals surface area contributed by atoms with E-state index < -0.39 is 5.97 Å². The fraction of sp³-hybridized carbons (Fsp3) is 0.217. The van der Waals surface area contributed by atoms with Crippen LogP contribution in [-0.2, 0) is 14.3 Å². The van der Waals surface area contributed by atoms with Crippen LogP contribution in [0.1, 0.15) is 24.1 Å². The molecule has 0 unspecified atom stereocenters. The molecule has 0 spiro atoms. The summed E-state index contributed by atoms with van der Waals surface area (Å²) in [6.07, 6.45) is 0. The van der Waals surface area contributed by atoms with Gasteiger partial charge in [0.2, 0.25) is 0 Å². The number of para-hydroxylation sites is 1. The van der Waals surface area contributed by atoms with Crippen molar-refractivity contribution in [3.63, 3.8) is 0 Å². The minimum Gasteiger partial charge on any atom is -0.482 e. The Hall–Kier alpha value is -3.34. The van der Waals surface area contributed by atoms with Crippen LogP contribution in [0.2, 0.25) is 0 Å². The number of carbonyl (C=O) groups excluding carboxylic acids is 2. The lowest BCUT2D eigenvalue weighted by Gasteiger charge is -2.16. The Morgan fingerprint density at radius 2 is 1.64 bits per heavy atom. The van der Waals surface area contributed by atoms with Gasteiger partial charge in [0, 0.05) is 0 Å². The van der Waals surface area contributed by atoms with Crippen molar-refractivity contribution in [2.45, 2.75) is 19.9 Å². The molecule has 0 fully saturated rings. The molecule has 0 radical (unpaired) electrons. The second-order valence-electron chi connectivity index (χ2n) is 6.57. The van der Waals surface area contributed by atoms with Gasteiger partial charge in [0.1, 0.15) is 5.75 Å². The van der Waals surface area contributed by atoms with E-state index in [1.807, 2.05) is 74.5 Å². The van der Waals surface area contributed by atoms with Crippen LogP contribution in [0.15, 0.2) is 66.7 Å². The van der Waals surface area contributed by atoms with Crippen molar-refractivity contribution in [2.24, 2.45) is 0 Å². The lowest BCUT2D eigenvalue weighted by molar-refractivity contribution is -0.150. The number of fused-ring (bicyclic) bond motifs is 1. The molecule has 0 saturated carbocycles. The minimum atomic E-state index is -0.587. The SMILES string of the molecule is Cc1ccccc1OCC(=O)OCC(=O)N[C@@H](C)c1cccc2ccccc12. The van der Waals surface area contributed by atoms with E-state index in [1.54, 1.807) is 6.07 Å². The zero-order valence-corrected chi connectivity index (χ0v) is 16.0. The zero-order valence-electron chi connectivity index (χ0n) is 16.0. The van der Waals surface area contributed by atoms with Gasteiger partial charge in [-0.15, -0.1) is 0 Å². The van der Waals surface area contributed by atoms with Crippen LogP contribution < -0.4 is 10.1 Å². The summed E-state index contributed by atoms with van der Waals surface area (Å²) in [6.45, 7) is 3.22.